The molecule has 3 saturated carbocycles. The van der Waals surface area contributed by atoms with E-state index < -0.39 is 0 Å². The molecule has 156 valence electrons. The van der Waals surface area contributed by atoms with E-state index in [1.54, 1.807) is 0 Å². The van der Waals surface area contributed by atoms with Crippen LogP contribution in [0.15, 0.2) is 0 Å². The van der Waals surface area contributed by atoms with Crippen LogP contribution >= 0.6 is 0 Å². The summed E-state index contributed by atoms with van der Waals surface area (Å²) in [5.41, 5.74) is 0. The average molecular weight is 380 g/mol. The maximum Gasteiger partial charge on any atom is 0.314 e. The van der Waals surface area contributed by atoms with Crippen molar-refractivity contribution in [2.75, 3.05) is 19.6 Å². The summed E-state index contributed by atoms with van der Waals surface area (Å²) >= 11 is 0. The molecule has 3 rings (SSSR count). The first-order chi connectivity index (χ1) is 13.2. The molecule has 0 saturated heterocycles. The number of hydrogen-bond donors (Lipinski definition) is 4. The first-order valence-electron chi connectivity index (χ1n) is 11.6. The van der Waals surface area contributed by atoms with Gasteiger partial charge in [0.2, 0.25) is 0 Å². The van der Waals surface area contributed by atoms with E-state index in [0.29, 0.717) is 18.5 Å². The number of urea groups is 1. The maximum absolute atomic E-state index is 12.2. The first-order valence-corrected chi connectivity index (χ1v) is 11.6. The summed E-state index contributed by atoms with van der Waals surface area (Å²) in [6.45, 7) is 2.60. The fourth-order valence-corrected chi connectivity index (χ4v) is 4.82. The van der Waals surface area contributed by atoms with Gasteiger partial charge in [0.05, 0.1) is 6.10 Å². The summed E-state index contributed by atoms with van der Waals surface area (Å²) in [4.78, 5) is 12.2. The third kappa shape index (κ3) is 8.39. The molecule has 3 fully saturated rings. The van der Waals surface area contributed by atoms with Crippen LogP contribution in [0.2, 0.25) is 0 Å². The lowest BCUT2D eigenvalue weighted by Crippen LogP contribution is -2.46. The SMILES string of the molecule is O=C(NCCC1CCCCC1)NC[C@H](CC1CCC(O)CC1)NCC1CC1. The summed E-state index contributed by atoms with van der Waals surface area (Å²) < 4.78 is 0. The van der Waals surface area contributed by atoms with Crippen LogP contribution in [-0.2, 0) is 0 Å². The van der Waals surface area contributed by atoms with Crippen LogP contribution in [0, 0.1) is 17.8 Å². The van der Waals surface area contributed by atoms with E-state index in [0.717, 1.165) is 63.5 Å². The Morgan fingerprint density at radius 3 is 2.26 bits per heavy atom. The standard InChI is InChI=1S/C22H41N3O2/c26-21-10-8-18(9-11-21)14-20(24-15-19-6-7-19)16-25-22(27)23-13-12-17-4-2-1-3-5-17/h17-21,24,26H,1-16H2,(H2,23,25,27)/t18?,20-,21?/m0/s1. The van der Waals surface area contributed by atoms with Crippen LogP contribution in [-0.4, -0.2) is 42.9 Å². The van der Waals surface area contributed by atoms with E-state index in [4.69, 9.17) is 0 Å². The lowest BCUT2D eigenvalue weighted by molar-refractivity contribution is 0.103. The van der Waals surface area contributed by atoms with Crippen molar-refractivity contribution in [3.05, 3.63) is 0 Å². The van der Waals surface area contributed by atoms with Crippen molar-refractivity contribution in [2.24, 2.45) is 17.8 Å². The Hall–Kier alpha value is -0.810. The normalized spacial score (nSPS) is 27.9. The zero-order valence-corrected chi connectivity index (χ0v) is 17.1. The third-order valence-electron chi connectivity index (χ3n) is 6.90. The molecule has 5 nitrogen and oxygen atoms in total. The Morgan fingerprint density at radius 2 is 1.56 bits per heavy atom. The van der Waals surface area contributed by atoms with Gasteiger partial charge in [-0.05, 0) is 75.7 Å². The molecule has 5 heteroatoms. The molecule has 0 aromatic carbocycles. The quantitative estimate of drug-likeness (QED) is 0.469. The summed E-state index contributed by atoms with van der Waals surface area (Å²) in [5, 5.41) is 19.6. The zero-order valence-electron chi connectivity index (χ0n) is 17.1. The Balaban J connectivity index is 1.32. The number of carbonyl (C=O) groups excluding carboxylic acids is 1. The Morgan fingerprint density at radius 1 is 0.852 bits per heavy atom. The molecule has 27 heavy (non-hydrogen) atoms. The van der Waals surface area contributed by atoms with Crippen molar-refractivity contribution in [1.82, 2.24) is 16.0 Å². The highest BCUT2D eigenvalue weighted by atomic mass is 16.3. The van der Waals surface area contributed by atoms with Crippen LogP contribution in [0.1, 0.15) is 83.5 Å². The summed E-state index contributed by atoms with van der Waals surface area (Å²) in [6, 6.07) is 0.345. The van der Waals surface area contributed by atoms with Crippen LogP contribution in [0.4, 0.5) is 4.79 Å². The number of aliphatic hydroxyl groups excluding tert-OH is 1. The molecule has 0 heterocycles. The Labute approximate surface area is 165 Å². The van der Waals surface area contributed by atoms with Gasteiger partial charge < -0.3 is 21.1 Å². The van der Waals surface area contributed by atoms with Gasteiger partial charge in [-0.3, -0.25) is 0 Å². The molecular weight excluding hydrogens is 338 g/mol. The van der Waals surface area contributed by atoms with E-state index in [1.807, 2.05) is 0 Å². The van der Waals surface area contributed by atoms with Gasteiger partial charge >= 0.3 is 6.03 Å². The van der Waals surface area contributed by atoms with Crippen molar-refractivity contribution in [2.45, 2.75) is 95.6 Å². The molecule has 3 aliphatic rings. The van der Waals surface area contributed by atoms with Gasteiger partial charge in [-0.15, -0.1) is 0 Å². The summed E-state index contributed by atoms with van der Waals surface area (Å²) in [6.07, 6.45) is 15.8. The van der Waals surface area contributed by atoms with E-state index in [-0.39, 0.29) is 12.1 Å². The van der Waals surface area contributed by atoms with E-state index in [2.05, 4.69) is 16.0 Å². The number of aliphatic hydroxyl groups is 1. The molecule has 1 atom stereocenters. The topological polar surface area (TPSA) is 73.4 Å². The predicted molar refractivity (Wildman–Crippen MR) is 110 cm³/mol. The van der Waals surface area contributed by atoms with Crippen molar-refractivity contribution < 1.29 is 9.90 Å². The minimum atomic E-state index is -0.0906. The van der Waals surface area contributed by atoms with Crippen molar-refractivity contribution in [1.29, 1.82) is 0 Å². The lowest BCUT2D eigenvalue weighted by Gasteiger charge is -2.29. The highest BCUT2D eigenvalue weighted by Gasteiger charge is 2.26. The lowest BCUT2D eigenvalue weighted by atomic mass is 9.83. The van der Waals surface area contributed by atoms with E-state index >= 15 is 0 Å². The number of carbonyl (C=O) groups is 1. The van der Waals surface area contributed by atoms with Crippen LogP contribution in [0.25, 0.3) is 0 Å². The second-order valence-electron chi connectivity index (χ2n) is 9.39. The molecule has 0 bridgehead atoms. The van der Waals surface area contributed by atoms with Gasteiger partial charge in [0.1, 0.15) is 0 Å². The van der Waals surface area contributed by atoms with Gasteiger partial charge in [0, 0.05) is 19.1 Å². The zero-order chi connectivity index (χ0) is 18.9. The predicted octanol–water partition coefficient (Wildman–Crippen LogP) is 3.57. The van der Waals surface area contributed by atoms with Crippen LogP contribution in [0.3, 0.4) is 0 Å². The van der Waals surface area contributed by atoms with Crippen molar-refractivity contribution in [3.8, 4) is 0 Å². The third-order valence-corrected chi connectivity index (χ3v) is 6.90. The minimum Gasteiger partial charge on any atom is -0.393 e. The number of amides is 2. The smallest absolute Gasteiger partial charge is 0.314 e. The van der Waals surface area contributed by atoms with Gasteiger partial charge in [0.15, 0.2) is 0 Å². The van der Waals surface area contributed by atoms with E-state index in [1.165, 1.54) is 44.9 Å². The fraction of sp³-hybridized carbons (Fsp3) is 0.955. The molecule has 0 aromatic rings. The van der Waals surface area contributed by atoms with Gasteiger partial charge in [-0.25, -0.2) is 4.79 Å². The highest BCUT2D eigenvalue weighted by Crippen LogP contribution is 2.30. The number of hydrogen-bond acceptors (Lipinski definition) is 3. The second kappa shape index (κ2) is 11.3. The molecule has 0 radical (unpaired) electrons. The summed E-state index contributed by atoms with van der Waals surface area (Å²) in [7, 11) is 0. The molecule has 0 spiro atoms. The minimum absolute atomic E-state index is 0.0110. The molecular formula is C22H41N3O2. The van der Waals surface area contributed by atoms with Gasteiger partial charge in [-0.2, -0.15) is 0 Å². The van der Waals surface area contributed by atoms with Crippen LogP contribution < -0.4 is 16.0 Å². The maximum atomic E-state index is 12.2. The average Bonchev–Trinajstić information content (AvgIpc) is 3.51. The van der Waals surface area contributed by atoms with Crippen LogP contribution in [0.5, 0.6) is 0 Å². The van der Waals surface area contributed by atoms with Gasteiger partial charge in [0.25, 0.3) is 0 Å². The van der Waals surface area contributed by atoms with E-state index in [9.17, 15) is 9.90 Å². The molecule has 4 N–H and O–H groups in total. The monoisotopic (exact) mass is 379 g/mol. The van der Waals surface area contributed by atoms with Crippen molar-refractivity contribution >= 4 is 6.03 Å². The molecule has 0 aliphatic heterocycles. The fourth-order valence-electron chi connectivity index (χ4n) is 4.82. The van der Waals surface area contributed by atoms with Crippen molar-refractivity contribution in [3.63, 3.8) is 0 Å². The molecule has 3 aliphatic carbocycles. The highest BCUT2D eigenvalue weighted by molar-refractivity contribution is 5.73. The molecule has 0 aromatic heterocycles. The van der Waals surface area contributed by atoms with Gasteiger partial charge in [-0.1, -0.05) is 32.1 Å². The first kappa shape index (κ1) is 20.9. The number of rotatable bonds is 10. The molecule has 2 amide bonds. The Bertz CT molecular complexity index is 427. The number of nitrogens with one attached hydrogen (secondary N) is 3. The second-order valence-corrected chi connectivity index (χ2v) is 9.39. The molecule has 0 unspecified atom stereocenters. The summed E-state index contributed by atoms with van der Waals surface area (Å²) in [5.74, 6) is 2.35. The Kier molecular flexibility index (Phi) is 8.72. The largest absolute Gasteiger partial charge is 0.393 e.